The zero-order chi connectivity index (χ0) is 13.5. The first-order chi connectivity index (χ1) is 9.29. The van der Waals surface area contributed by atoms with Gasteiger partial charge in [0.1, 0.15) is 5.75 Å². The van der Waals surface area contributed by atoms with Crippen molar-refractivity contribution in [3.05, 3.63) is 42.0 Å². The van der Waals surface area contributed by atoms with E-state index in [1.807, 2.05) is 24.3 Å². The molecule has 0 radical (unpaired) electrons. The summed E-state index contributed by atoms with van der Waals surface area (Å²) < 4.78 is 5.11. The Bertz CT molecular complexity index is 400. The van der Waals surface area contributed by atoms with Gasteiger partial charge in [-0.05, 0) is 43.5 Å². The molecule has 104 valence electrons. The molecule has 0 saturated carbocycles. The van der Waals surface area contributed by atoms with Gasteiger partial charge < -0.3 is 9.84 Å². The van der Waals surface area contributed by atoms with E-state index in [0.717, 1.165) is 50.2 Å². The Labute approximate surface area is 115 Å². The minimum Gasteiger partial charge on any atom is -0.497 e. The summed E-state index contributed by atoms with van der Waals surface area (Å²) in [4.78, 5) is 2.43. The second-order valence-corrected chi connectivity index (χ2v) is 4.99. The Morgan fingerprint density at radius 2 is 2.05 bits per heavy atom. The quantitative estimate of drug-likeness (QED) is 0.799. The van der Waals surface area contributed by atoms with Gasteiger partial charge in [0.25, 0.3) is 0 Å². The molecule has 1 N–H and O–H groups in total. The van der Waals surface area contributed by atoms with Crippen LogP contribution in [0.15, 0.2) is 36.4 Å². The number of nitrogens with zero attached hydrogens (tertiary/aromatic N) is 1. The van der Waals surface area contributed by atoms with Gasteiger partial charge in [0.2, 0.25) is 0 Å². The van der Waals surface area contributed by atoms with Crippen molar-refractivity contribution in [3.63, 3.8) is 0 Å². The largest absolute Gasteiger partial charge is 0.497 e. The predicted molar refractivity (Wildman–Crippen MR) is 77.4 cm³/mol. The normalized spacial score (nSPS) is 17.4. The molecule has 1 aromatic carbocycles. The van der Waals surface area contributed by atoms with Crippen molar-refractivity contribution in [1.29, 1.82) is 0 Å². The molecule has 0 fully saturated rings. The summed E-state index contributed by atoms with van der Waals surface area (Å²) in [5.41, 5.74) is 0.972. The van der Waals surface area contributed by atoms with Crippen molar-refractivity contribution in [2.45, 2.75) is 25.4 Å². The number of hydrogen-bond acceptors (Lipinski definition) is 3. The van der Waals surface area contributed by atoms with Gasteiger partial charge in [-0.1, -0.05) is 24.3 Å². The maximum absolute atomic E-state index is 10.1. The predicted octanol–water partition coefficient (Wildman–Crippen LogP) is 2.77. The molecule has 2 rings (SSSR count). The number of rotatable bonds is 6. The van der Waals surface area contributed by atoms with Crippen LogP contribution in [0.1, 0.15) is 30.9 Å². The topological polar surface area (TPSA) is 32.7 Å². The molecular formula is C16H23NO2. The monoisotopic (exact) mass is 261 g/mol. The summed E-state index contributed by atoms with van der Waals surface area (Å²) in [5, 5.41) is 10.1. The summed E-state index contributed by atoms with van der Waals surface area (Å²) in [6, 6.07) is 7.67. The fourth-order valence-electron chi connectivity index (χ4n) is 2.39. The van der Waals surface area contributed by atoms with E-state index in [9.17, 15) is 5.11 Å². The van der Waals surface area contributed by atoms with Gasteiger partial charge in [-0.2, -0.15) is 0 Å². The highest BCUT2D eigenvalue weighted by molar-refractivity contribution is 5.28. The van der Waals surface area contributed by atoms with Gasteiger partial charge in [-0.3, -0.25) is 4.90 Å². The van der Waals surface area contributed by atoms with Crippen molar-refractivity contribution >= 4 is 0 Å². The van der Waals surface area contributed by atoms with Gasteiger partial charge in [-0.15, -0.1) is 0 Å². The van der Waals surface area contributed by atoms with E-state index in [4.69, 9.17) is 4.74 Å². The Morgan fingerprint density at radius 1 is 1.26 bits per heavy atom. The number of hydrogen-bond donors (Lipinski definition) is 1. The van der Waals surface area contributed by atoms with Crippen LogP contribution < -0.4 is 4.74 Å². The average Bonchev–Trinajstić information content (AvgIpc) is 2.48. The van der Waals surface area contributed by atoms with E-state index in [-0.39, 0.29) is 6.10 Å². The molecular weight excluding hydrogens is 238 g/mol. The van der Waals surface area contributed by atoms with Gasteiger partial charge in [0.05, 0.1) is 13.2 Å². The summed E-state index contributed by atoms with van der Waals surface area (Å²) >= 11 is 0. The van der Waals surface area contributed by atoms with Crippen molar-refractivity contribution in [1.82, 2.24) is 4.90 Å². The average molecular weight is 261 g/mol. The lowest BCUT2D eigenvalue weighted by Crippen LogP contribution is -2.28. The second-order valence-electron chi connectivity index (χ2n) is 4.99. The van der Waals surface area contributed by atoms with Crippen LogP contribution in [-0.2, 0) is 0 Å². The van der Waals surface area contributed by atoms with Crippen molar-refractivity contribution < 1.29 is 9.84 Å². The minimum atomic E-state index is -0.369. The fourth-order valence-corrected chi connectivity index (χ4v) is 2.39. The van der Waals surface area contributed by atoms with Crippen LogP contribution in [0.5, 0.6) is 5.75 Å². The molecule has 0 saturated heterocycles. The van der Waals surface area contributed by atoms with Crippen molar-refractivity contribution in [3.8, 4) is 5.75 Å². The summed E-state index contributed by atoms with van der Waals surface area (Å²) in [6.07, 6.45) is 7.09. The number of aliphatic hydroxyl groups is 1. The summed E-state index contributed by atoms with van der Waals surface area (Å²) in [6.45, 7) is 3.27. The van der Waals surface area contributed by atoms with Crippen LogP contribution in [0.25, 0.3) is 0 Å². The minimum absolute atomic E-state index is 0.369. The second kappa shape index (κ2) is 7.31. The van der Waals surface area contributed by atoms with Gasteiger partial charge in [0.15, 0.2) is 0 Å². The molecule has 0 spiro atoms. The van der Waals surface area contributed by atoms with Crippen LogP contribution in [0, 0.1) is 0 Å². The first-order valence-corrected chi connectivity index (χ1v) is 6.99. The van der Waals surface area contributed by atoms with Gasteiger partial charge in [-0.25, -0.2) is 0 Å². The third kappa shape index (κ3) is 4.37. The highest BCUT2D eigenvalue weighted by Crippen LogP contribution is 2.21. The van der Waals surface area contributed by atoms with Crippen LogP contribution in [0.2, 0.25) is 0 Å². The Kier molecular flexibility index (Phi) is 5.43. The van der Waals surface area contributed by atoms with Gasteiger partial charge in [0, 0.05) is 13.1 Å². The lowest BCUT2D eigenvalue weighted by Gasteiger charge is -2.23. The molecule has 0 bridgehead atoms. The Hall–Kier alpha value is -1.32. The molecule has 1 heterocycles. The number of benzene rings is 1. The third-order valence-electron chi connectivity index (χ3n) is 3.59. The van der Waals surface area contributed by atoms with E-state index in [1.165, 1.54) is 0 Å². The maximum Gasteiger partial charge on any atom is 0.118 e. The SMILES string of the molecule is COc1ccc(C(O)CCCN2CC=CCC2)cc1. The molecule has 1 aromatic rings. The van der Waals surface area contributed by atoms with Crippen LogP contribution in [0.3, 0.4) is 0 Å². The highest BCUT2D eigenvalue weighted by atomic mass is 16.5. The molecule has 3 heteroatoms. The molecule has 1 atom stereocenters. The lowest BCUT2D eigenvalue weighted by atomic mass is 10.0. The Balaban J connectivity index is 1.73. The van der Waals surface area contributed by atoms with E-state index in [2.05, 4.69) is 17.1 Å². The van der Waals surface area contributed by atoms with Crippen molar-refractivity contribution in [2.24, 2.45) is 0 Å². The molecule has 0 aliphatic carbocycles. The third-order valence-corrected chi connectivity index (χ3v) is 3.59. The van der Waals surface area contributed by atoms with Crippen molar-refractivity contribution in [2.75, 3.05) is 26.7 Å². The first kappa shape index (κ1) is 14.1. The van der Waals surface area contributed by atoms with Gasteiger partial charge >= 0.3 is 0 Å². The fraction of sp³-hybridized carbons (Fsp3) is 0.500. The number of methoxy groups -OCH3 is 1. The van der Waals surface area contributed by atoms with E-state index in [0.29, 0.717) is 0 Å². The lowest BCUT2D eigenvalue weighted by molar-refractivity contribution is 0.156. The number of aliphatic hydroxyl groups excluding tert-OH is 1. The molecule has 3 nitrogen and oxygen atoms in total. The van der Waals surface area contributed by atoms with E-state index < -0.39 is 0 Å². The maximum atomic E-state index is 10.1. The molecule has 1 aliphatic rings. The number of ether oxygens (including phenoxy) is 1. The van der Waals surface area contributed by atoms with Crippen LogP contribution >= 0.6 is 0 Å². The summed E-state index contributed by atoms with van der Waals surface area (Å²) in [5.74, 6) is 0.830. The van der Waals surface area contributed by atoms with Crippen LogP contribution in [0.4, 0.5) is 0 Å². The summed E-state index contributed by atoms with van der Waals surface area (Å²) in [7, 11) is 1.65. The standard InChI is InChI=1S/C16H23NO2/c1-19-15-9-7-14(8-10-15)16(18)6-5-13-17-11-3-2-4-12-17/h2-3,7-10,16,18H,4-6,11-13H2,1H3. The zero-order valence-electron chi connectivity index (χ0n) is 11.6. The molecule has 0 aromatic heterocycles. The molecule has 19 heavy (non-hydrogen) atoms. The Morgan fingerprint density at radius 3 is 2.68 bits per heavy atom. The highest BCUT2D eigenvalue weighted by Gasteiger charge is 2.10. The van der Waals surface area contributed by atoms with E-state index >= 15 is 0 Å². The molecule has 0 amide bonds. The smallest absolute Gasteiger partial charge is 0.118 e. The molecule has 1 aliphatic heterocycles. The first-order valence-electron chi connectivity index (χ1n) is 6.99. The molecule has 1 unspecified atom stereocenters. The van der Waals surface area contributed by atoms with E-state index in [1.54, 1.807) is 7.11 Å². The zero-order valence-corrected chi connectivity index (χ0v) is 11.6. The van der Waals surface area contributed by atoms with Crippen LogP contribution in [-0.4, -0.2) is 36.8 Å².